The van der Waals surface area contributed by atoms with E-state index in [1.165, 1.54) is 18.5 Å². The van der Waals surface area contributed by atoms with Gasteiger partial charge in [-0.3, -0.25) is 0 Å². The molecule has 1 aromatic heterocycles. The molecule has 18 heavy (non-hydrogen) atoms. The van der Waals surface area contributed by atoms with Gasteiger partial charge in [0.2, 0.25) is 5.88 Å². The maximum atomic E-state index is 9.08. The van der Waals surface area contributed by atoms with Crippen LogP contribution in [0.4, 0.5) is 0 Å². The summed E-state index contributed by atoms with van der Waals surface area (Å²) in [5, 5.41) is 22.1. The first-order chi connectivity index (χ1) is 8.58. The van der Waals surface area contributed by atoms with E-state index in [4.69, 9.17) is 16.2 Å². The highest BCUT2D eigenvalue weighted by Crippen LogP contribution is 2.11. The number of aromatic hydroxyl groups is 1. The maximum absolute atomic E-state index is 9.08. The highest BCUT2D eigenvalue weighted by atomic mass is 16.3. The molecule has 0 saturated heterocycles. The number of aromatic nitrogens is 1. The molecule has 1 rings (SSSR count). The summed E-state index contributed by atoms with van der Waals surface area (Å²) in [6, 6.07) is 3.18. The largest absolute Gasteiger partial charge is 0.493 e. The Kier molecular flexibility index (Phi) is 4.74. The molecule has 0 aliphatic carbocycles. The molecule has 0 amide bonds. The van der Waals surface area contributed by atoms with Gasteiger partial charge in [-0.2, -0.15) is 0 Å². The minimum atomic E-state index is -0.0361. The van der Waals surface area contributed by atoms with Crippen LogP contribution >= 0.6 is 0 Å². The van der Waals surface area contributed by atoms with Gasteiger partial charge >= 0.3 is 0 Å². The van der Waals surface area contributed by atoms with Crippen molar-refractivity contribution < 1.29 is 5.11 Å². The van der Waals surface area contributed by atoms with E-state index in [1.807, 2.05) is 0 Å². The number of rotatable bonds is 6. The Hall–Kier alpha value is -2.50. The molecule has 0 aliphatic rings. The highest BCUT2D eigenvalue weighted by Gasteiger charge is 2.02. The molecule has 96 valence electrons. The zero-order valence-electron chi connectivity index (χ0n) is 10.2. The van der Waals surface area contributed by atoms with Crippen LogP contribution in [-0.2, 0) is 0 Å². The van der Waals surface area contributed by atoms with Crippen molar-refractivity contribution >= 4 is 11.9 Å². The number of nitrogens with two attached hydrogens (primary N) is 1. The fourth-order valence-electron chi connectivity index (χ4n) is 1.25. The van der Waals surface area contributed by atoms with E-state index in [0.717, 1.165) is 5.56 Å². The van der Waals surface area contributed by atoms with Gasteiger partial charge in [-0.15, -0.1) is 0 Å². The van der Waals surface area contributed by atoms with Crippen LogP contribution in [0.15, 0.2) is 36.3 Å². The molecule has 1 aromatic rings. The molecule has 6 heteroatoms. The third-order valence-corrected chi connectivity index (χ3v) is 2.38. The fraction of sp³-hybridized carbons (Fsp3) is 0.167. The molecule has 0 spiro atoms. The summed E-state index contributed by atoms with van der Waals surface area (Å²) in [5.41, 5.74) is 7.71. The third kappa shape index (κ3) is 3.51. The van der Waals surface area contributed by atoms with Gasteiger partial charge in [0.05, 0.1) is 0 Å². The normalized spacial score (nSPS) is 11.4. The Balaban J connectivity index is 2.66. The first-order valence-corrected chi connectivity index (χ1v) is 5.33. The zero-order chi connectivity index (χ0) is 13.5. The molecule has 0 atom stereocenters. The summed E-state index contributed by atoms with van der Waals surface area (Å²) >= 11 is 0. The van der Waals surface area contributed by atoms with Gasteiger partial charge < -0.3 is 26.9 Å². The number of pyridine rings is 1. The van der Waals surface area contributed by atoms with Crippen molar-refractivity contribution in [3.8, 4) is 5.88 Å². The standard InChI is InChI=1S/C12H17N5O/c1-8(9-3-4-11(18)17-6-9)16-7-10(5-13)12(14)15-2/h3-6,13,15-16H,1,7,14H2,2H3,(H,17,18)/b12-10-,13-5?. The summed E-state index contributed by atoms with van der Waals surface area (Å²) in [7, 11) is 1.69. The molecule has 6 N–H and O–H groups in total. The first kappa shape index (κ1) is 13.6. The van der Waals surface area contributed by atoms with Gasteiger partial charge in [0.25, 0.3) is 0 Å². The Morgan fingerprint density at radius 1 is 1.61 bits per heavy atom. The molecule has 1 heterocycles. The first-order valence-electron chi connectivity index (χ1n) is 5.33. The van der Waals surface area contributed by atoms with E-state index in [1.54, 1.807) is 13.1 Å². The van der Waals surface area contributed by atoms with Crippen LogP contribution in [0.2, 0.25) is 0 Å². The number of hydrogen-bond donors (Lipinski definition) is 5. The smallest absolute Gasteiger partial charge is 0.210 e. The topological polar surface area (TPSA) is 107 Å². The molecule has 0 fully saturated rings. The lowest BCUT2D eigenvalue weighted by Crippen LogP contribution is -2.24. The average molecular weight is 247 g/mol. The average Bonchev–Trinajstić information content (AvgIpc) is 2.39. The van der Waals surface area contributed by atoms with Crippen molar-refractivity contribution in [3.63, 3.8) is 0 Å². The van der Waals surface area contributed by atoms with Crippen molar-refractivity contribution in [1.82, 2.24) is 15.6 Å². The van der Waals surface area contributed by atoms with E-state index in [0.29, 0.717) is 23.6 Å². The van der Waals surface area contributed by atoms with Crippen molar-refractivity contribution in [2.75, 3.05) is 13.6 Å². The lowest BCUT2D eigenvalue weighted by molar-refractivity contribution is 0.453. The molecular weight excluding hydrogens is 230 g/mol. The Morgan fingerprint density at radius 3 is 2.83 bits per heavy atom. The summed E-state index contributed by atoms with van der Waals surface area (Å²) in [6.45, 7) is 4.24. The second-order valence-electron chi connectivity index (χ2n) is 3.57. The number of nitrogens with one attached hydrogen (secondary N) is 3. The van der Waals surface area contributed by atoms with Crippen molar-refractivity contribution in [1.29, 1.82) is 5.41 Å². The molecular formula is C12H17N5O. The molecule has 0 radical (unpaired) electrons. The number of hydrogen-bond acceptors (Lipinski definition) is 6. The molecule has 6 nitrogen and oxygen atoms in total. The van der Waals surface area contributed by atoms with Crippen LogP contribution in [0.25, 0.3) is 5.70 Å². The van der Waals surface area contributed by atoms with E-state index in [-0.39, 0.29) is 5.88 Å². The third-order valence-electron chi connectivity index (χ3n) is 2.38. The van der Waals surface area contributed by atoms with Crippen LogP contribution in [-0.4, -0.2) is 29.9 Å². The summed E-state index contributed by atoms with van der Waals surface area (Å²) in [4.78, 5) is 3.76. The Labute approximate surface area is 106 Å². The Morgan fingerprint density at radius 2 is 2.33 bits per heavy atom. The van der Waals surface area contributed by atoms with Gasteiger partial charge in [-0.05, 0) is 6.07 Å². The zero-order valence-corrected chi connectivity index (χ0v) is 10.2. The molecule has 0 unspecified atom stereocenters. The predicted molar refractivity (Wildman–Crippen MR) is 72.0 cm³/mol. The van der Waals surface area contributed by atoms with E-state index in [9.17, 15) is 0 Å². The van der Waals surface area contributed by atoms with Gasteiger partial charge in [-0.1, -0.05) is 6.58 Å². The fourth-order valence-corrected chi connectivity index (χ4v) is 1.25. The lowest BCUT2D eigenvalue weighted by Gasteiger charge is -2.11. The molecule has 0 aromatic carbocycles. The van der Waals surface area contributed by atoms with Gasteiger partial charge in [0, 0.05) is 48.9 Å². The van der Waals surface area contributed by atoms with Gasteiger partial charge in [0.15, 0.2) is 0 Å². The second kappa shape index (κ2) is 6.29. The van der Waals surface area contributed by atoms with E-state index < -0.39 is 0 Å². The summed E-state index contributed by atoms with van der Waals surface area (Å²) in [5.74, 6) is 0.403. The number of nitrogens with zero attached hydrogens (tertiary/aromatic N) is 1. The van der Waals surface area contributed by atoms with Crippen LogP contribution in [0.5, 0.6) is 5.88 Å². The summed E-state index contributed by atoms with van der Waals surface area (Å²) < 4.78 is 0. The highest BCUT2D eigenvalue weighted by molar-refractivity contribution is 5.78. The van der Waals surface area contributed by atoms with Crippen LogP contribution in [0.3, 0.4) is 0 Å². The van der Waals surface area contributed by atoms with Gasteiger partial charge in [-0.25, -0.2) is 4.98 Å². The molecule has 0 aliphatic heterocycles. The van der Waals surface area contributed by atoms with Crippen molar-refractivity contribution in [3.05, 3.63) is 41.9 Å². The molecule has 0 saturated carbocycles. The van der Waals surface area contributed by atoms with Crippen molar-refractivity contribution in [2.45, 2.75) is 0 Å². The molecule has 0 bridgehead atoms. The van der Waals surface area contributed by atoms with Crippen LogP contribution in [0.1, 0.15) is 5.56 Å². The second-order valence-corrected chi connectivity index (χ2v) is 3.57. The summed E-state index contributed by atoms with van der Waals surface area (Å²) in [6.07, 6.45) is 2.70. The van der Waals surface area contributed by atoms with Crippen molar-refractivity contribution in [2.24, 2.45) is 5.73 Å². The lowest BCUT2D eigenvalue weighted by atomic mass is 10.2. The van der Waals surface area contributed by atoms with Crippen LogP contribution in [0, 0.1) is 5.41 Å². The maximum Gasteiger partial charge on any atom is 0.210 e. The van der Waals surface area contributed by atoms with E-state index >= 15 is 0 Å². The van der Waals surface area contributed by atoms with Gasteiger partial charge in [0.1, 0.15) is 5.82 Å². The quantitative estimate of drug-likeness (QED) is 0.467. The predicted octanol–water partition coefficient (Wildman–Crippen LogP) is 0.387. The van der Waals surface area contributed by atoms with Crippen LogP contribution < -0.4 is 16.4 Å². The SMILES string of the molecule is C=C(NC/C(C=N)=C(/N)NC)c1ccc(O)nc1. The van der Waals surface area contributed by atoms with E-state index in [2.05, 4.69) is 22.2 Å². The minimum Gasteiger partial charge on any atom is -0.493 e. The Bertz CT molecular complexity index is 464. The monoisotopic (exact) mass is 247 g/mol. The minimum absolute atomic E-state index is 0.0361.